The van der Waals surface area contributed by atoms with E-state index in [-0.39, 0.29) is 30.6 Å². The number of aliphatic hydroxyl groups excluding tert-OH is 1. The zero-order chi connectivity index (χ0) is 22.5. The van der Waals surface area contributed by atoms with E-state index in [1.165, 1.54) is 6.92 Å². The molecule has 172 valence electrons. The molecule has 4 atom stereocenters. The SMILES string of the molecule is CC(=O)Nc1ccc(C2OC(CN3CCOCC3)C(C)C(c3ccc(CO)cc3)O2)cc1. The quantitative estimate of drug-likeness (QED) is 0.718. The lowest BCUT2D eigenvalue weighted by Crippen LogP contribution is -2.47. The number of nitrogens with one attached hydrogen (secondary N) is 1. The van der Waals surface area contributed by atoms with E-state index in [0.717, 1.165) is 55.2 Å². The van der Waals surface area contributed by atoms with Crippen molar-refractivity contribution in [3.8, 4) is 0 Å². The van der Waals surface area contributed by atoms with E-state index < -0.39 is 6.29 Å². The van der Waals surface area contributed by atoms with Crippen molar-refractivity contribution in [3.63, 3.8) is 0 Å². The zero-order valence-electron chi connectivity index (χ0n) is 18.7. The van der Waals surface area contributed by atoms with Gasteiger partial charge in [-0.25, -0.2) is 0 Å². The first-order valence-corrected chi connectivity index (χ1v) is 11.2. The highest BCUT2D eigenvalue weighted by Gasteiger charge is 2.39. The third-order valence-corrected chi connectivity index (χ3v) is 6.17. The van der Waals surface area contributed by atoms with Crippen LogP contribution in [0.15, 0.2) is 48.5 Å². The fraction of sp³-hybridized carbons (Fsp3) is 0.480. The van der Waals surface area contributed by atoms with Crippen molar-refractivity contribution < 1.29 is 24.1 Å². The molecule has 7 heteroatoms. The number of anilines is 1. The number of carbonyl (C=O) groups excluding carboxylic acids is 1. The van der Waals surface area contributed by atoms with Gasteiger partial charge in [0.05, 0.1) is 32.0 Å². The first-order chi connectivity index (χ1) is 15.5. The summed E-state index contributed by atoms with van der Waals surface area (Å²) in [6.07, 6.45) is -0.655. The van der Waals surface area contributed by atoms with Crippen LogP contribution in [0.1, 0.15) is 42.9 Å². The van der Waals surface area contributed by atoms with Crippen LogP contribution in [0.4, 0.5) is 5.69 Å². The molecule has 4 unspecified atom stereocenters. The van der Waals surface area contributed by atoms with E-state index in [4.69, 9.17) is 14.2 Å². The molecular formula is C25H32N2O5. The highest BCUT2D eigenvalue weighted by atomic mass is 16.7. The monoisotopic (exact) mass is 440 g/mol. The topological polar surface area (TPSA) is 80.3 Å². The molecule has 2 aliphatic rings. The van der Waals surface area contributed by atoms with Gasteiger partial charge >= 0.3 is 0 Å². The van der Waals surface area contributed by atoms with Gasteiger partial charge < -0.3 is 24.6 Å². The first kappa shape index (κ1) is 22.9. The van der Waals surface area contributed by atoms with Crippen LogP contribution in [0.3, 0.4) is 0 Å². The molecule has 0 saturated carbocycles. The van der Waals surface area contributed by atoms with Crippen LogP contribution in [0.25, 0.3) is 0 Å². The van der Waals surface area contributed by atoms with Gasteiger partial charge in [-0.3, -0.25) is 9.69 Å². The molecule has 1 amide bonds. The predicted octanol–water partition coefficient (Wildman–Crippen LogP) is 3.26. The molecule has 2 saturated heterocycles. The number of benzene rings is 2. The first-order valence-electron chi connectivity index (χ1n) is 11.2. The van der Waals surface area contributed by atoms with E-state index in [0.29, 0.717) is 0 Å². The summed E-state index contributed by atoms with van der Waals surface area (Å²) in [5.41, 5.74) is 3.61. The molecule has 2 aromatic rings. The zero-order valence-corrected chi connectivity index (χ0v) is 18.7. The summed E-state index contributed by atoms with van der Waals surface area (Å²) in [6, 6.07) is 15.5. The van der Waals surface area contributed by atoms with Crippen LogP contribution in [0.5, 0.6) is 0 Å². The maximum atomic E-state index is 11.3. The van der Waals surface area contributed by atoms with Gasteiger partial charge in [0.15, 0.2) is 6.29 Å². The van der Waals surface area contributed by atoms with Crippen molar-refractivity contribution >= 4 is 11.6 Å². The predicted molar refractivity (Wildman–Crippen MR) is 121 cm³/mol. The van der Waals surface area contributed by atoms with Crippen LogP contribution in [0.2, 0.25) is 0 Å². The van der Waals surface area contributed by atoms with Gasteiger partial charge in [0.2, 0.25) is 5.91 Å². The van der Waals surface area contributed by atoms with Gasteiger partial charge in [-0.1, -0.05) is 43.3 Å². The van der Waals surface area contributed by atoms with E-state index in [9.17, 15) is 9.90 Å². The van der Waals surface area contributed by atoms with Gasteiger partial charge in [-0.15, -0.1) is 0 Å². The van der Waals surface area contributed by atoms with Crippen molar-refractivity contribution in [1.82, 2.24) is 4.90 Å². The Balaban J connectivity index is 1.56. The Morgan fingerprint density at radius 3 is 2.31 bits per heavy atom. The summed E-state index contributed by atoms with van der Waals surface area (Å²) in [4.78, 5) is 13.7. The Morgan fingerprint density at radius 1 is 1.03 bits per heavy atom. The average Bonchev–Trinajstić information content (AvgIpc) is 2.81. The van der Waals surface area contributed by atoms with Crippen LogP contribution >= 0.6 is 0 Å². The molecule has 0 bridgehead atoms. The summed E-state index contributed by atoms with van der Waals surface area (Å²) in [7, 11) is 0. The van der Waals surface area contributed by atoms with E-state index in [1.807, 2.05) is 48.5 Å². The fourth-order valence-corrected chi connectivity index (χ4v) is 4.29. The van der Waals surface area contributed by atoms with Crippen molar-refractivity contribution in [2.24, 2.45) is 5.92 Å². The number of rotatable bonds is 6. The third-order valence-electron chi connectivity index (χ3n) is 6.17. The van der Waals surface area contributed by atoms with E-state index in [1.54, 1.807) is 0 Å². The molecule has 2 fully saturated rings. The Morgan fingerprint density at radius 2 is 1.69 bits per heavy atom. The van der Waals surface area contributed by atoms with Crippen molar-refractivity contribution in [2.45, 2.75) is 39.0 Å². The molecule has 7 nitrogen and oxygen atoms in total. The Bertz CT molecular complexity index is 880. The molecule has 0 radical (unpaired) electrons. The van der Waals surface area contributed by atoms with Crippen molar-refractivity contribution in [1.29, 1.82) is 0 Å². The minimum atomic E-state index is -0.508. The Labute approximate surface area is 189 Å². The number of amides is 1. The minimum Gasteiger partial charge on any atom is -0.392 e. The van der Waals surface area contributed by atoms with Crippen LogP contribution in [-0.4, -0.2) is 54.9 Å². The number of nitrogens with zero attached hydrogens (tertiary/aromatic N) is 1. The number of morpholine rings is 1. The van der Waals surface area contributed by atoms with E-state index in [2.05, 4.69) is 17.1 Å². The molecule has 2 aliphatic heterocycles. The third kappa shape index (κ3) is 5.54. The average molecular weight is 441 g/mol. The van der Waals surface area contributed by atoms with Gasteiger partial charge in [0.1, 0.15) is 0 Å². The van der Waals surface area contributed by atoms with Crippen molar-refractivity contribution in [3.05, 3.63) is 65.2 Å². The van der Waals surface area contributed by atoms with E-state index >= 15 is 0 Å². The summed E-state index contributed by atoms with van der Waals surface area (Å²) in [5, 5.41) is 12.2. The highest BCUT2D eigenvalue weighted by Crippen LogP contribution is 2.42. The van der Waals surface area contributed by atoms with Crippen LogP contribution in [0, 0.1) is 5.92 Å². The summed E-state index contributed by atoms with van der Waals surface area (Å²) < 4.78 is 18.4. The molecule has 4 rings (SSSR count). The summed E-state index contributed by atoms with van der Waals surface area (Å²) in [6.45, 7) is 7.80. The Hall–Kier alpha value is -2.29. The lowest BCUT2D eigenvalue weighted by molar-refractivity contribution is -0.277. The maximum absolute atomic E-state index is 11.3. The summed E-state index contributed by atoms with van der Waals surface area (Å²) in [5.74, 6) is 0.0430. The van der Waals surface area contributed by atoms with Crippen molar-refractivity contribution in [2.75, 3.05) is 38.2 Å². The molecular weight excluding hydrogens is 408 g/mol. The number of carbonyl (C=O) groups is 1. The van der Waals surface area contributed by atoms with Gasteiger partial charge in [0, 0.05) is 43.7 Å². The number of hydrogen-bond donors (Lipinski definition) is 2. The Kier molecular flexibility index (Phi) is 7.55. The molecule has 2 N–H and O–H groups in total. The minimum absolute atomic E-state index is 0.00982. The second-order valence-corrected chi connectivity index (χ2v) is 8.54. The molecule has 2 heterocycles. The smallest absolute Gasteiger partial charge is 0.221 e. The number of aliphatic hydroxyl groups is 1. The van der Waals surface area contributed by atoms with Crippen LogP contribution < -0.4 is 5.32 Å². The highest BCUT2D eigenvalue weighted by molar-refractivity contribution is 5.88. The lowest BCUT2D eigenvalue weighted by atomic mass is 9.90. The van der Waals surface area contributed by atoms with Gasteiger partial charge in [-0.05, 0) is 23.3 Å². The lowest BCUT2D eigenvalue weighted by Gasteiger charge is -2.43. The summed E-state index contributed by atoms with van der Waals surface area (Å²) >= 11 is 0. The fourth-order valence-electron chi connectivity index (χ4n) is 4.29. The maximum Gasteiger partial charge on any atom is 0.221 e. The molecule has 0 aliphatic carbocycles. The van der Waals surface area contributed by atoms with Gasteiger partial charge in [0.25, 0.3) is 0 Å². The largest absolute Gasteiger partial charge is 0.392 e. The number of ether oxygens (including phenoxy) is 3. The standard InChI is InChI=1S/C25H32N2O5/c1-17-23(15-27-11-13-30-14-12-27)31-25(21-7-9-22(10-8-21)26-18(2)29)32-24(17)20-5-3-19(16-28)4-6-20/h3-10,17,23-25,28H,11-16H2,1-2H3,(H,26,29). The van der Waals surface area contributed by atoms with Crippen LogP contribution in [-0.2, 0) is 25.6 Å². The normalized spacial score (nSPS) is 26.6. The molecule has 2 aromatic carbocycles. The molecule has 32 heavy (non-hydrogen) atoms. The second kappa shape index (κ2) is 10.6. The molecule has 0 aromatic heterocycles. The second-order valence-electron chi connectivity index (χ2n) is 8.54. The number of hydrogen-bond acceptors (Lipinski definition) is 6. The van der Waals surface area contributed by atoms with Gasteiger partial charge in [-0.2, -0.15) is 0 Å². The molecule has 0 spiro atoms.